The Labute approximate surface area is 131 Å². The molecule has 1 aliphatic rings. The smallest absolute Gasteiger partial charge is 0.305 e. The minimum atomic E-state index is -0.0666. The second kappa shape index (κ2) is 12.9. The van der Waals surface area contributed by atoms with E-state index in [2.05, 4.69) is 16.9 Å². The average molecular weight is 294 g/mol. The average Bonchev–Trinajstić information content (AvgIpc) is 3.01. The first kappa shape index (κ1) is 18.3. The molecule has 0 saturated carbocycles. The minimum Gasteiger partial charge on any atom is -0.469 e. The van der Waals surface area contributed by atoms with Crippen LogP contribution in [0.2, 0.25) is 0 Å². The quantitative estimate of drug-likeness (QED) is 0.243. The molecule has 1 rings (SSSR count). The van der Waals surface area contributed by atoms with Crippen molar-refractivity contribution in [1.29, 1.82) is 0 Å². The van der Waals surface area contributed by atoms with E-state index in [1.54, 1.807) is 0 Å². The highest BCUT2D eigenvalue weighted by Gasteiger charge is 2.07. The van der Waals surface area contributed by atoms with E-state index >= 15 is 0 Å². The van der Waals surface area contributed by atoms with E-state index in [1.165, 1.54) is 84.2 Å². The van der Waals surface area contributed by atoms with Crippen LogP contribution >= 0.6 is 0 Å². The maximum atomic E-state index is 10.9. The van der Waals surface area contributed by atoms with Crippen molar-refractivity contribution in [1.82, 2.24) is 0 Å². The summed E-state index contributed by atoms with van der Waals surface area (Å²) in [7, 11) is 1.47. The van der Waals surface area contributed by atoms with Gasteiger partial charge in [-0.1, -0.05) is 69.9 Å². The van der Waals surface area contributed by atoms with Crippen molar-refractivity contribution in [3.05, 3.63) is 12.2 Å². The topological polar surface area (TPSA) is 26.3 Å². The highest BCUT2D eigenvalue weighted by Crippen LogP contribution is 2.23. The summed E-state index contributed by atoms with van der Waals surface area (Å²) in [6, 6.07) is 0. The number of methoxy groups -OCH3 is 1. The number of unbranched alkanes of at least 4 members (excludes halogenated alkanes) is 9. The third-order valence-electron chi connectivity index (χ3n) is 4.55. The molecule has 0 N–H and O–H groups in total. The van der Waals surface area contributed by atoms with Crippen LogP contribution in [0.15, 0.2) is 12.2 Å². The summed E-state index contributed by atoms with van der Waals surface area (Å²) in [6.07, 6.45) is 22.6. The van der Waals surface area contributed by atoms with Crippen LogP contribution in [0.5, 0.6) is 0 Å². The van der Waals surface area contributed by atoms with Gasteiger partial charge in [0.05, 0.1) is 7.11 Å². The van der Waals surface area contributed by atoms with Gasteiger partial charge < -0.3 is 4.74 Å². The van der Waals surface area contributed by atoms with Crippen LogP contribution in [0.4, 0.5) is 0 Å². The third-order valence-corrected chi connectivity index (χ3v) is 4.55. The summed E-state index contributed by atoms with van der Waals surface area (Å²) >= 11 is 0. The SMILES string of the molecule is COC(=O)CCCCCCCCCCCC[C@H]1C=CCC1. The molecule has 0 radical (unpaired) electrons. The fourth-order valence-electron chi connectivity index (χ4n) is 3.13. The summed E-state index contributed by atoms with van der Waals surface area (Å²) in [5.41, 5.74) is 0. The van der Waals surface area contributed by atoms with Crippen molar-refractivity contribution in [2.45, 2.75) is 89.9 Å². The predicted octanol–water partition coefficient (Wildman–Crippen LogP) is 5.81. The molecule has 0 heterocycles. The number of hydrogen-bond donors (Lipinski definition) is 0. The molecule has 2 heteroatoms. The summed E-state index contributed by atoms with van der Waals surface area (Å²) < 4.78 is 4.63. The number of hydrogen-bond acceptors (Lipinski definition) is 2. The number of carbonyl (C=O) groups excluding carboxylic acids is 1. The van der Waals surface area contributed by atoms with Gasteiger partial charge in [-0.25, -0.2) is 0 Å². The molecule has 21 heavy (non-hydrogen) atoms. The van der Waals surface area contributed by atoms with Gasteiger partial charge in [0.15, 0.2) is 0 Å². The zero-order valence-electron chi connectivity index (χ0n) is 13.9. The maximum absolute atomic E-state index is 10.9. The molecule has 0 aromatic heterocycles. The molecule has 0 aromatic carbocycles. The van der Waals surface area contributed by atoms with Gasteiger partial charge in [-0.3, -0.25) is 4.79 Å². The summed E-state index contributed by atoms with van der Waals surface area (Å²) in [5.74, 6) is 0.832. The van der Waals surface area contributed by atoms with Crippen LogP contribution in [-0.4, -0.2) is 13.1 Å². The van der Waals surface area contributed by atoms with Crippen LogP contribution < -0.4 is 0 Å². The number of carbonyl (C=O) groups is 1. The Morgan fingerprint density at radius 3 is 2.05 bits per heavy atom. The standard InChI is InChI=1S/C19H34O2/c1-21-19(20)17-11-9-7-5-3-2-4-6-8-10-14-18-15-12-13-16-18/h12,15,18H,2-11,13-14,16-17H2,1H3/t18-/m0/s1. The van der Waals surface area contributed by atoms with E-state index < -0.39 is 0 Å². The molecular formula is C19H34O2. The predicted molar refractivity (Wildman–Crippen MR) is 89.3 cm³/mol. The molecule has 0 aliphatic heterocycles. The van der Waals surface area contributed by atoms with E-state index in [4.69, 9.17) is 0 Å². The third kappa shape index (κ3) is 10.6. The fraction of sp³-hybridized carbons (Fsp3) is 0.842. The van der Waals surface area contributed by atoms with Gasteiger partial charge in [-0.2, -0.15) is 0 Å². The van der Waals surface area contributed by atoms with Crippen LogP contribution in [0.1, 0.15) is 89.9 Å². The second-order valence-corrected chi connectivity index (χ2v) is 6.42. The highest BCUT2D eigenvalue weighted by atomic mass is 16.5. The van der Waals surface area contributed by atoms with Crippen LogP contribution in [0.25, 0.3) is 0 Å². The Hall–Kier alpha value is -0.790. The van der Waals surface area contributed by atoms with Crippen molar-refractivity contribution in [2.75, 3.05) is 7.11 Å². The van der Waals surface area contributed by atoms with Gasteiger partial charge in [0.2, 0.25) is 0 Å². The second-order valence-electron chi connectivity index (χ2n) is 6.42. The lowest BCUT2D eigenvalue weighted by Gasteiger charge is -2.06. The van der Waals surface area contributed by atoms with Gasteiger partial charge in [0, 0.05) is 6.42 Å². The van der Waals surface area contributed by atoms with E-state index in [0.717, 1.165) is 12.3 Å². The first-order valence-electron chi connectivity index (χ1n) is 9.06. The van der Waals surface area contributed by atoms with Gasteiger partial charge in [0.25, 0.3) is 0 Å². The summed E-state index contributed by atoms with van der Waals surface area (Å²) in [6.45, 7) is 0. The molecule has 0 unspecified atom stereocenters. The van der Waals surface area contributed by atoms with E-state index in [9.17, 15) is 4.79 Å². The minimum absolute atomic E-state index is 0.0666. The number of allylic oxidation sites excluding steroid dienone is 2. The first-order valence-corrected chi connectivity index (χ1v) is 9.06. The van der Waals surface area contributed by atoms with E-state index in [1.807, 2.05) is 0 Å². The molecule has 2 nitrogen and oxygen atoms in total. The van der Waals surface area contributed by atoms with Crippen LogP contribution in [0.3, 0.4) is 0 Å². The summed E-state index contributed by atoms with van der Waals surface area (Å²) in [5, 5.41) is 0. The zero-order valence-corrected chi connectivity index (χ0v) is 13.9. The van der Waals surface area contributed by atoms with E-state index in [0.29, 0.717) is 6.42 Å². The molecule has 122 valence electrons. The molecular weight excluding hydrogens is 260 g/mol. The van der Waals surface area contributed by atoms with Gasteiger partial charge in [-0.05, 0) is 31.6 Å². The molecule has 0 amide bonds. The lowest BCUT2D eigenvalue weighted by molar-refractivity contribution is -0.140. The molecule has 1 aliphatic carbocycles. The molecule has 1 atom stereocenters. The Morgan fingerprint density at radius 1 is 0.952 bits per heavy atom. The largest absolute Gasteiger partial charge is 0.469 e. The highest BCUT2D eigenvalue weighted by molar-refractivity contribution is 5.68. The van der Waals surface area contributed by atoms with Crippen molar-refractivity contribution in [3.63, 3.8) is 0 Å². The van der Waals surface area contributed by atoms with Crippen LogP contribution in [-0.2, 0) is 9.53 Å². The van der Waals surface area contributed by atoms with E-state index in [-0.39, 0.29) is 5.97 Å². The van der Waals surface area contributed by atoms with Crippen LogP contribution in [0, 0.1) is 5.92 Å². The van der Waals surface area contributed by atoms with Crippen molar-refractivity contribution >= 4 is 5.97 Å². The van der Waals surface area contributed by atoms with Gasteiger partial charge >= 0.3 is 5.97 Å². The Bertz CT molecular complexity index is 283. The maximum Gasteiger partial charge on any atom is 0.305 e. The van der Waals surface area contributed by atoms with Crippen molar-refractivity contribution in [3.8, 4) is 0 Å². The Balaban J connectivity index is 1.70. The zero-order chi connectivity index (χ0) is 15.2. The monoisotopic (exact) mass is 294 g/mol. The molecule has 0 saturated heterocycles. The molecule has 0 aromatic rings. The van der Waals surface area contributed by atoms with Crippen molar-refractivity contribution < 1.29 is 9.53 Å². The summed E-state index contributed by atoms with van der Waals surface area (Å²) in [4.78, 5) is 10.9. The fourth-order valence-corrected chi connectivity index (χ4v) is 3.13. The van der Waals surface area contributed by atoms with Gasteiger partial charge in [0.1, 0.15) is 0 Å². The number of esters is 1. The normalized spacial score (nSPS) is 17.3. The first-order chi connectivity index (χ1) is 10.3. The number of rotatable bonds is 13. The molecule has 0 fully saturated rings. The number of ether oxygens (including phenoxy) is 1. The van der Waals surface area contributed by atoms with Crippen molar-refractivity contribution in [2.24, 2.45) is 5.92 Å². The Kier molecular flexibility index (Phi) is 11.2. The molecule has 0 spiro atoms. The lowest BCUT2D eigenvalue weighted by atomic mass is 9.99. The lowest BCUT2D eigenvalue weighted by Crippen LogP contribution is -1.99. The molecule has 0 bridgehead atoms. The van der Waals surface area contributed by atoms with Gasteiger partial charge in [-0.15, -0.1) is 0 Å². The Morgan fingerprint density at radius 2 is 1.52 bits per heavy atom.